The van der Waals surface area contributed by atoms with Crippen molar-refractivity contribution >= 4 is 16.8 Å². The number of amides is 1. The van der Waals surface area contributed by atoms with Crippen LogP contribution in [-0.2, 0) is 13.1 Å². The van der Waals surface area contributed by atoms with Crippen LogP contribution in [0.15, 0.2) is 89.5 Å². The number of pyridine rings is 1. The molecule has 7 heteroatoms. The van der Waals surface area contributed by atoms with Gasteiger partial charge in [-0.05, 0) is 78.7 Å². The molecule has 2 aromatic heterocycles. The predicted molar refractivity (Wildman–Crippen MR) is 150 cm³/mol. The Morgan fingerprint density at radius 2 is 1.62 bits per heavy atom. The molecular weight excluding hydrogens is 492 g/mol. The summed E-state index contributed by atoms with van der Waals surface area (Å²) in [6.07, 6.45) is 1.61. The van der Waals surface area contributed by atoms with Gasteiger partial charge in [-0.1, -0.05) is 18.2 Å². The van der Waals surface area contributed by atoms with Crippen LogP contribution in [-0.4, -0.2) is 37.1 Å². The van der Waals surface area contributed by atoms with E-state index in [1.807, 2.05) is 55.5 Å². The van der Waals surface area contributed by atoms with Gasteiger partial charge in [-0.15, -0.1) is 0 Å². The highest BCUT2D eigenvalue weighted by atomic mass is 16.5. The van der Waals surface area contributed by atoms with Gasteiger partial charge in [0.15, 0.2) is 0 Å². The molecule has 0 aliphatic rings. The van der Waals surface area contributed by atoms with Gasteiger partial charge >= 0.3 is 0 Å². The van der Waals surface area contributed by atoms with Crippen molar-refractivity contribution < 1.29 is 23.4 Å². The predicted octanol–water partition coefficient (Wildman–Crippen LogP) is 6.67. The van der Waals surface area contributed by atoms with Crippen molar-refractivity contribution in [1.29, 1.82) is 0 Å². The van der Waals surface area contributed by atoms with Crippen LogP contribution in [0.25, 0.3) is 22.2 Å². The minimum Gasteiger partial charge on any atom is -0.497 e. The van der Waals surface area contributed by atoms with Crippen LogP contribution in [0.1, 0.15) is 27.2 Å². The first-order chi connectivity index (χ1) is 19.0. The molecule has 0 fully saturated rings. The average molecular weight is 523 g/mol. The van der Waals surface area contributed by atoms with Gasteiger partial charge < -0.3 is 23.5 Å². The summed E-state index contributed by atoms with van der Waals surface area (Å²) in [4.78, 5) is 20.7. The summed E-state index contributed by atoms with van der Waals surface area (Å²) in [5.74, 6) is 2.58. The molecule has 5 aromatic rings. The van der Waals surface area contributed by atoms with Crippen LogP contribution in [0.5, 0.6) is 17.2 Å². The van der Waals surface area contributed by atoms with E-state index in [9.17, 15) is 4.79 Å². The van der Waals surface area contributed by atoms with Crippen LogP contribution >= 0.6 is 0 Å². The Labute approximate surface area is 227 Å². The third-order valence-corrected chi connectivity index (χ3v) is 6.70. The highest BCUT2D eigenvalue weighted by molar-refractivity contribution is 5.94. The largest absolute Gasteiger partial charge is 0.497 e. The van der Waals surface area contributed by atoms with E-state index in [0.717, 1.165) is 33.3 Å². The van der Waals surface area contributed by atoms with E-state index >= 15 is 0 Å². The van der Waals surface area contributed by atoms with Crippen molar-refractivity contribution in [3.63, 3.8) is 0 Å². The van der Waals surface area contributed by atoms with Crippen molar-refractivity contribution in [2.75, 3.05) is 21.3 Å². The van der Waals surface area contributed by atoms with E-state index in [0.29, 0.717) is 35.1 Å². The Hall–Kier alpha value is -4.78. The second-order valence-electron chi connectivity index (χ2n) is 9.18. The molecule has 1 amide bonds. The van der Waals surface area contributed by atoms with E-state index in [-0.39, 0.29) is 12.5 Å². The molecule has 7 nitrogen and oxygen atoms in total. The van der Waals surface area contributed by atoms with E-state index in [4.69, 9.17) is 23.6 Å². The van der Waals surface area contributed by atoms with Gasteiger partial charge in [0.1, 0.15) is 23.0 Å². The molecule has 3 aromatic carbocycles. The maximum Gasteiger partial charge on any atom is 0.254 e. The summed E-state index contributed by atoms with van der Waals surface area (Å²) in [5, 5.41) is 0.991. The Kier molecular flexibility index (Phi) is 7.50. The Morgan fingerprint density at radius 1 is 0.846 bits per heavy atom. The second-order valence-corrected chi connectivity index (χ2v) is 9.18. The minimum atomic E-state index is -0.137. The summed E-state index contributed by atoms with van der Waals surface area (Å²) in [7, 11) is 4.86. The number of aryl methyl sites for hydroxylation is 1. The van der Waals surface area contributed by atoms with E-state index in [2.05, 4.69) is 6.07 Å². The normalized spacial score (nSPS) is 10.9. The van der Waals surface area contributed by atoms with Gasteiger partial charge in [-0.25, -0.2) is 4.98 Å². The van der Waals surface area contributed by atoms with Gasteiger partial charge in [0.25, 0.3) is 5.91 Å². The molecule has 39 heavy (non-hydrogen) atoms. The summed E-state index contributed by atoms with van der Waals surface area (Å²) >= 11 is 0. The molecule has 0 radical (unpaired) electrons. The fraction of sp³-hybridized carbons (Fsp3) is 0.188. The Morgan fingerprint density at radius 3 is 2.31 bits per heavy atom. The molecule has 0 unspecified atom stereocenters. The molecular formula is C32H30N2O5. The summed E-state index contributed by atoms with van der Waals surface area (Å²) in [6.45, 7) is 2.62. The number of hydrogen-bond acceptors (Lipinski definition) is 6. The van der Waals surface area contributed by atoms with E-state index in [1.54, 1.807) is 56.8 Å². The number of rotatable bonds is 9. The molecule has 198 valence electrons. The SMILES string of the molecule is COc1ccc(C(=O)N(Cc2ccco2)Cc2cc3cccc(C)c3nc2-c2cc(OC)ccc2OC)cc1. The van der Waals surface area contributed by atoms with Crippen molar-refractivity contribution in [1.82, 2.24) is 9.88 Å². The fourth-order valence-electron chi connectivity index (χ4n) is 4.66. The van der Waals surface area contributed by atoms with Gasteiger partial charge in [0.05, 0.1) is 45.3 Å². The Bertz CT molecular complexity index is 1590. The standard InChI is InChI=1S/C32H30N2O5/c1-21-7-5-8-23-17-24(31(33-30(21)23)28-18-26(37-3)14-15-29(28)38-4)19-34(20-27-9-6-16-39-27)32(35)22-10-12-25(36-2)13-11-22/h5-18H,19-20H2,1-4H3. The quantitative estimate of drug-likeness (QED) is 0.215. The molecule has 5 rings (SSSR count). The minimum absolute atomic E-state index is 0.137. The fourth-order valence-corrected chi connectivity index (χ4v) is 4.66. The summed E-state index contributed by atoms with van der Waals surface area (Å²) < 4.78 is 22.1. The van der Waals surface area contributed by atoms with Gasteiger partial charge in [-0.3, -0.25) is 4.79 Å². The molecule has 0 saturated heterocycles. The number of ether oxygens (including phenoxy) is 3. The zero-order valence-corrected chi connectivity index (χ0v) is 22.4. The van der Waals surface area contributed by atoms with Crippen molar-refractivity contribution in [3.05, 3.63) is 108 Å². The first-order valence-corrected chi connectivity index (χ1v) is 12.6. The molecule has 0 bridgehead atoms. The van der Waals surface area contributed by atoms with E-state index in [1.165, 1.54) is 0 Å². The lowest BCUT2D eigenvalue weighted by Gasteiger charge is -2.24. The zero-order chi connectivity index (χ0) is 27.4. The Balaban J connectivity index is 1.65. The zero-order valence-electron chi connectivity index (χ0n) is 22.4. The van der Waals surface area contributed by atoms with Crippen LogP contribution in [0.2, 0.25) is 0 Å². The number of hydrogen-bond donors (Lipinski definition) is 0. The number of para-hydroxylation sites is 1. The van der Waals surface area contributed by atoms with Crippen molar-refractivity contribution in [3.8, 4) is 28.5 Å². The maximum absolute atomic E-state index is 13.8. The number of benzene rings is 3. The summed E-state index contributed by atoms with van der Waals surface area (Å²) in [6, 6.07) is 24.6. The van der Waals surface area contributed by atoms with Crippen molar-refractivity contribution in [2.45, 2.75) is 20.0 Å². The van der Waals surface area contributed by atoms with Crippen LogP contribution < -0.4 is 14.2 Å². The highest BCUT2D eigenvalue weighted by Gasteiger charge is 2.22. The number of carbonyl (C=O) groups is 1. The second kappa shape index (κ2) is 11.3. The van der Waals surface area contributed by atoms with Gasteiger partial charge in [0.2, 0.25) is 0 Å². The first kappa shape index (κ1) is 25.9. The lowest BCUT2D eigenvalue weighted by atomic mass is 10.00. The number of carbonyl (C=O) groups excluding carboxylic acids is 1. The molecule has 0 aliphatic heterocycles. The maximum atomic E-state index is 13.8. The molecule has 0 aliphatic carbocycles. The molecule has 0 atom stereocenters. The third kappa shape index (κ3) is 5.43. The highest BCUT2D eigenvalue weighted by Crippen LogP contribution is 2.37. The smallest absolute Gasteiger partial charge is 0.254 e. The molecule has 0 N–H and O–H groups in total. The number of fused-ring (bicyclic) bond motifs is 1. The molecule has 0 spiro atoms. The number of furan rings is 1. The van der Waals surface area contributed by atoms with Crippen LogP contribution in [0.4, 0.5) is 0 Å². The molecule has 2 heterocycles. The van der Waals surface area contributed by atoms with Crippen LogP contribution in [0, 0.1) is 6.92 Å². The van der Waals surface area contributed by atoms with Crippen LogP contribution in [0.3, 0.4) is 0 Å². The average Bonchev–Trinajstić information content (AvgIpc) is 3.49. The lowest BCUT2D eigenvalue weighted by Crippen LogP contribution is -2.30. The van der Waals surface area contributed by atoms with Gasteiger partial charge in [0, 0.05) is 23.1 Å². The number of aromatic nitrogens is 1. The number of methoxy groups -OCH3 is 3. The summed E-state index contributed by atoms with van der Waals surface area (Å²) in [5.41, 5.74) is 4.87. The van der Waals surface area contributed by atoms with Gasteiger partial charge in [-0.2, -0.15) is 0 Å². The lowest BCUT2D eigenvalue weighted by molar-refractivity contribution is 0.0718. The third-order valence-electron chi connectivity index (χ3n) is 6.70. The van der Waals surface area contributed by atoms with Crippen molar-refractivity contribution in [2.24, 2.45) is 0 Å². The topological polar surface area (TPSA) is 74.0 Å². The molecule has 0 saturated carbocycles. The van der Waals surface area contributed by atoms with E-state index < -0.39 is 0 Å². The number of nitrogens with zero attached hydrogens (tertiary/aromatic N) is 2. The first-order valence-electron chi connectivity index (χ1n) is 12.6. The monoisotopic (exact) mass is 522 g/mol.